The van der Waals surface area contributed by atoms with Crippen LogP contribution in [0.15, 0.2) is 12.5 Å². The average Bonchev–Trinajstić information content (AvgIpc) is 2.74. The monoisotopic (exact) mass is 237 g/mol. The van der Waals surface area contributed by atoms with E-state index in [1.807, 2.05) is 12.5 Å². The second kappa shape index (κ2) is 5.65. The van der Waals surface area contributed by atoms with Gasteiger partial charge in [0, 0.05) is 31.4 Å². The summed E-state index contributed by atoms with van der Waals surface area (Å²) in [7, 11) is 0. The quantitative estimate of drug-likeness (QED) is 0.872. The van der Waals surface area contributed by atoms with Gasteiger partial charge in [-0.15, -0.1) is 0 Å². The number of ether oxygens (including phenoxy) is 1. The third kappa shape index (κ3) is 3.30. The van der Waals surface area contributed by atoms with Crippen molar-refractivity contribution in [3.63, 3.8) is 0 Å². The molecule has 0 bridgehead atoms. The molecular formula is C13H23N3O. The van der Waals surface area contributed by atoms with Crippen LogP contribution in [-0.4, -0.2) is 28.3 Å². The Kier molecular flexibility index (Phi) is 4.18. The first kappa shape index (κ1) is 12.6. The van der Waals surface area contributed by atoms with E-state index in [9.17, 15) is 0 Å². The predicted octanol–water partition coefficient (Wildman–Crippen LogP) is 2.12. The van der Waals surface area contributed by atoms with Gasteiger partial charge in [-0.3, -0.25) is 0 Å². The zero-order chi connectivity index (χ0) is 12.3. The minimum Gasteiger partial charge on any atom is -0.378 e. The van der Waals surface area contributed by atoms with Crippen LogP contribution >= 0.6 is 0 Å². The lowest BCUT2D eigenvalue weighted by Gasteiger charge is -2.29. The molecule has 0 aliphatic carbocycles. The fourth-order valence-electron chi connectivity index (χ4n) is 2.33. The van der Waals surface area contributed by atoms with Crippen molar-refractivity contribution in [1.82, 2.24) is 14.9 Å². The van der Waals surface area contributed by atoms with E-state index in [2.05, 4.69) is 35.6 Å². The first-order valence-corrected chi connectivity index (χ1v) is 6.52. The molecule has 1 aliphatic rings. The summed E-state index contributed by atoms with van der Waals surface area (Å²) in [5.74, 6) is 0. The summed E-state index contributed by atoms with van der Waals surface area (Å²) in [4.78, 5) is 4.28. The lowest BCUT2D eigenvalue weighted by Crippen LogP contribution is -2.28. The fourth-order valence-corrected chi connectivity index (χ4v) is 2.33. The summed E-state index contributed by atoms with van der Waals surface area (Å²) in [5.41, 5.74) is 1.28. The van der Waals surface area contributed by atoms with Gasteiger partial charge in [0.15, 0.2) is 0 Å². The van der Waals surface area contributed by atoms with Crippen LogP contribution in [0, 0.1) is 0 Å². The maximum absolute atomic E-state index is 5.59. The molecule has 0 amide bonds. The van der Waals surface area contributed by atoms with E-state index in [-0.39, 0.29) is 0 Å². The van der Waals surface area contributed by atoms with Gasteiger partial charge < -0.3 is 14.6 Å². The minimum absolute atomic E-state index is 0.363. The van der Waals surface area contributed by atoms with Crippen LogP contribution in [0.4, 0.5) is 0 Å². The van der Waals surface area contributed by atoms with Crippen LogP contribution in [0.5, 0.6) is 0 Å². The molecule has 1 saturated heterocycles. The van der Waals surface area contributed by atoms with Gasteiger partial charge in [0.2, 0.25) is 0 Å². The zero-order valence-corrected chi connectivity index (χ0v) is 11.0. The molecule has 0 aromatic carbocycles. The Balaban J connectivity index is 2.02. The largest absolute Gasteiger partial charge is 0.378 e. The molecule has 2 heterocycles. The van der Waals surface area contributed by atoms with Gasteiger partial charge in [-0.25, -0.2) is 4.98 Å². The van der Waals surface area contributed by atoms with Gasteiger partial charge >= 0.3 is 0 Å². The third-order valence-electron chi connectivity index (χ3n) is 3.29. The summed E-state index contributed by atoms with van der Waals surface area (Å²) >= 11 is 0. The molecule has 4 heteroatoms. The molecule has 2 unspecified atom stereocenters. The van der Waals surface area contributed by atoms with Gasteiger partial charge in [0.25, 0.3) is 0 Å². The van der Waals surface area contributed by atoms with Crippen LogP contribution in [-0.2, 0) is 11.3 Å². The summed E-state index contributed by atoms with van der Waals surface area (Å²) < 4.78 is 7.91. The molecule has 96 valence electrons. The van der Waals surface area contributed by atoms with E-state index in [0.717, 1.165) is 26.0 Å². The van der Waals surface area contributed by atoms with Crippen molar-refractivity contribution < 1.29 is 4.74 Å². The van der Waals surface area contributed by atoms with Gasteiger partial charge in [0.05, 0.1) is 18.1 Å². The minimum atomic E-state index is 0.363. The Morgan fingerprint density at radius 2 is 2.41 bits per heavy atom. The van der Waals surface area contributed by atoms with Crippen LogP contribution in [0.2, 0.25) is 0 Å². The second-order valence-corrected chi connectivity index (χ2v) is 5.19. The van der Waals surface area contributed by atoms with Crippen molar-refractivity contribution in [2.24, 2.45) is 0 Å². The van der Waals surface area contributed by atoms with E-state index in [1.54, 1.807) is 0 Å². The summed E-state index contributed by atoms with van der Waals surface area (Å²) in [6.45, 7) is 8.23. The first-order chi connectivity index (χ1) is 8.16. The highest BCUT2D eigenvalue weighted by Crippen LogP contribution is 2.25. The maximum atomic E-state index is 5.59. The number of aromatic nitrogens is 2. The SMILES string of the molecule is CC(C)NCc1cncn1C1CCOC(C)C1. The van der Waals surface area contributed by atoms with E-state index in [0.29, 0.717) is 18.2 Å². The van der Waals surface area contributed by atoms with Crippen molar-refractivity contribution in [2.45, 2.75) is 58.3 Å². The normalized spacial score (nSPS) is 25.4. The molecule has 1 aromatic heterocycles. The fraction of sp³-hybridized carbons (Fsp3) is 0.769. The van der Waals surface area contributed by atoms with Crippen molar-refractivity contribution in [3.05, 3.63) is 18.2 Å². The molecular weight excluding hydrogens is 214 g/mol. The number of imidazole rings is 1. The lowest BCUT2D eigenvalue weighted by molar-refractivity contribution is 0.00540. The van der Waals surface area contributed by atoms with E-state index >= 15 is 0 Å². The van der Waals surface area contributed by atoms with Crippen LogP contribution in [0.1, 0.15) is 45.3 Å². The van der Waals surface area contributed by atoms with E-state index < -0.39 is 0 Å². The van der Waals surface area contributed by atoms with Crippen molar-refractivity contribution in [2.75, 3.05) is 6.61 Å². The predicted molar refractivity (Wildman–Crippen MR) is 67.9 cm³/mol. The molecule has 2 rings (SSSR count). The highest BCUT2D eigenvalue weighted by molar-refractivity contribution is 5.01. The van der Waals surface area contributed by atoms with Gasteiger partial charge in [-0.2, -0.15) is 0 Å². The third-order valence-corrected chi connectivity index (χ3v) is 3.29. The number of hydrogen-bond acceptors (Lipinski definition) is 3. The molecule has 1 aliphatic heterocycles. The zero-order valence-electron chi connectivity index (χ0n) is 11.0. The second-order valence-electron chi connectivity index (χ2n) is 5.19. The smallest absolute Gasteiger partial charge is 0.0951 e. The Morgan fingerprint density at radius 3 is 3.12 bits per heavy atom. The Hall–Kier alpha value is -0.870. The molecule has 17 heavy (non-hydrogen) atoms. The Morgan fingerprint density at radius 1 is 1.59 bits per heavy atom. The Labute approximate surface area is 103 Å². The molecule has 0 radical (unpaired) electrons. The average molecular weight is 237 g/mol. The van der Waals surface area contributed by atoms with Crippen LogP contribution in [0.3, 0.4) is 0 Å². The van der Waals surface area contributed by atoms with E-state index in [1.165, 1.54) is 5.69 Å². The summed E-state index contributed by atoms with van der Waals surface area (Å²) in [5, 5.41) is 3.45. The number of nitrogens with one attached hydrogen (secondary N) is 1. The number of rotatable bonds is 4. The molecule has 2 atom stereocenters. The molecule has 1 N–H and O–H groups in total. The summed E-state index contributed by atoms with van der Waals surface area (Å²) in [6.07, 6.45) is 6.47. The van der Waals surface area contributed by atoms with Crippen molar-refractivity contribution in [3.8, 4) is 0 Å². The van der Waals surface area contributed by atoms with E-state index in [4.69, 9.17) is 4.74 Å². The molecule has 0 spiro atoms. The lowest BCUT2D eigenvalue weighted by atomic mass is 10.0. The first-order valence-electron chi connectivity index (χ1n) is 6.52. The molecule has 1 aromatic rings. The summed E-state index contributed by atoms with van der Waals surface area (Å²) in [6, 6.07) is 1.05. The van der Waals surface area contributed by atoms with Gasteiger partial charge in [-0.1, -0.05) is 13.8 Å². The topological polar surface area (TPSA) is 39.1 Å². The highest BCUT2D eigenvalue weighted by Gasteiger charge is 2.22. The molecule has 0 saturated carbocycles. The number of hydrogen-bond donors (Lipinski definition) is 1. The van der Waals surface area contributed by atoms with Gasteiger partial charge in [0.1, 0.15) is 0 Å². The Bertz CT molecular complexity index is 348. The standard InChI is InChI=1S/C13H23N3O/c1-10(2)15-8-13-7-14-9-16(13)12-4-5-17-11(3)6-12/h7,9-12,15H,4-6,8H2,1-3H3. The molecule has 4 nitrogen and oxygen atoms in total. The van der Waals surface area contributed by atoms with Gasteiger partial charge in [-0.05, 0) is 19.8 Å². The maximum Gasteiger partial charge on any atom is 0.0951 e. The van der Waals surface area contributed by atoms with Crippen LogP contribution < -0.4 is 5.32 Å². The van der Waals surface area contributed by atoms with Crippen molar-refractivity contribution in [1.29, 1.82) is 0 Å². The number of nitrogens with zero attached hydrogens (tertiary/aromatic N) is 2. The highest BCUT2D eigenvalue weighted by atomic mass is 16.5. The molecule has 1 fully saturated rings. The van der Waals surface area contributed by atoms with Crippen LogP contribution in [0.25, 0.3) is 0 Å². The van der Waals surface area contributed by atoms with Crippen molar-refractivity contribution >= 4 is 0 Å².